The third-order valence-corrected chi connectivity index (χ3v) is 3.89. The molecule has 3 amide bonds. The zero-order valence-electron chi connectivity index (χ0n) is 13.0. The lowest BCUT2D eigenvalue weighted by Gasteiger charge is -2.08. The van der Waals surface area contributed by atoms with Crippen molar-refractivity contribution in [2.45, 2.75) is 18.6 Å². The molecule has 0 radical (unpaired) electrons. The van der Waals surface area contributed by atoms with Gasteiger partial charge < -0.3 is 9.88 Å². The number of nitrogens with zero attached hydrogens (tertiary/aromatic N) is 3. The lowest BCUT2D eigenvalue weighted by atomic mass is 10.3. The third-order valence-electron chi connectivity index (χ3n) is 2.92. The SMILES string of the molecule is C=CCn1c(C)nnc1SCC(=O)NC(=O)Nc1ccccc1F. The summed E-state index contributed by atoms with van der Waals surface area (Å²) >= 11 is 1.14. The molecule has 0 bridgehead atoms. The normalized spacial score (nSPS) is 10.2. The number of imide groups is 1. The van der Waals surface area contributed by atoms with E-state index < -0.39 is 17.8 Å². The zero-order chi connectivity index (χ0) is 17.5. The Kier molecular flexibility index (Phi) is 6.07. The van der Waals surface area contributed by atoms with Gasteiger partial charge in [-0.15, -0.1) is 16.8 Å². The molecule has 0 aliphatic carbocycles. The van der Waals surface area contributed by atoms with Crippen molar-refractivity contribution in [2.75, 3.05) is 11.1 Å². The predicted molar refractivity (Wildman–Crippen MR) is 89.2 cm³/mol. The molecule has 0 saturated carbocycles. The number of amides is 3. The summed E-state index contributed by atoms with van der Waals surface area (Å²) in [4.78, 5) is 23.5. The monoisotopic (exact) mass is 349 g/mol. The summed E-state index contributed by atoms with van der Waals surface area (Å²) in [6.45, 7) is 5.97. The molecule has 2 aromatic rings. The number of hydrogen-bond donors (Lipinski definition) is 2. The van der Waals surface area contributed by atoms with Crippen LogP contribution >= 0.6 is 11.8 Å². The number of aromatic nitrogens is 3. The molecule has 126 valence electrons. The molecule has 0 atom stereocenters. The first kappa shape index (κ1) is 17.7. The highest BCUT2D eigenvalue weighted by atomic mass is 32.2. The van der Waals surface area contributed by atoms with Crippen LogP contribution < -0.4 is 10.6 Å². The van der Waals surface area contributed by atoms with E-state index in [0.29, 0.717) is 17.5 Å². The second-order valence-electron chi connectivity index (χ2n) is 4.70. The average molecular weight is 349 g/mol. The van der Waals surface area contributed by atoms with Crippen LogP contribution in [0.5, 0.6) is 0 Å². The van der Waals surface area contributed by atoms with Crippen LogP contribution in [-0.2, 0) is 11.3 Å². The first-order valence-corrected chi connectivity index (χ1v) is 7.98. The van der Waals surface area contributed by atoms with Crippen LogP contribution in [0.1, 0.15) is 5.82 Å². The molecule has 7 nitrogen and oxygen atoms in total. The average Bonchev–Trinajstić information content (AvgIpc) is 2.88. The summed E-state index contributed by atoms with van der Waals surface area (Å²) in [5.74, 6) is -0.433. The van der Waals surface area contributed by atoms with Gasteiger partial charge in [0.2, 0.25) is 5.91 Å². The lowest BCUT2D eigenvalue weighted by Crippen LogP contribution is -2.35. The van der Waals surface area contributed by atoms with Crippen molar-refractivity contribution in [1.29, 1.82) is 0 Å². The van der Waals surface area contributed by atoms with E-state index in [1.54, 1.807) is 23.6 Å². The van der Waals surface area contributed by atoms with Crippen LogP contribution in [0, 0.1) is 12.7 Å². The summed E-state index contributed by atoms with van der Waals surface area (Å²) in [7, 11) is 0. The zero-order valence-corrected chi connectivity index (χ0v) is 13.8. The molecule has 9 heteroatoms. The Morgan fingerprint density at radius 3 is 2.83 bits per heavy atom. The number of carbonyl (C=O) groups excluding carboxylic acids is 2. The minimum absolute atomic E-state index is 0.00296. The largest absolute Gasteiger partial charge is 0.325 e. The van der Waals surface area contributed by atoms with Crippen LogP contribution in [0.25, 0.3) is 0 Å². The van der Waals surface area contributed by atoms with Gasteiger partial charge in [-0.05, 0) is 19.1 Å². The second-order valence-corrected chi connectivity index (χ2v) is 5.64. The summed E-state index contributed by atoms with van der Waals surface area (Å²) in [5.41, 5.74) is -0.00296. The number of nitrogens with one attached hydrogen (secondary N) is 2. The molecular formula is C15H16FN5O2S. The van der Waals surface area contributed by atoms with Gasteiger partial charge in [0.15, 0.2) is 5.16 Å². The standard InChI is InChI=1S/C15H16FN5O2S/c1-3-8-21-10(2)19-20-15(21)24-9-13(22)18-14(23)17-12-7-5-4-6-11(12)16/h3-7H,1,8-9H2,2H3,(H2,17,18,22,23). The number of para-hydroxylation sites is 1. The van der Waals surface area contributed by atoms with E-state index >= 15 is 0 Å². The van der Waals surface area contributed by atoms with Gasteiger partial charge in [0.1, 0.15) is 11.6 Å². The molecule has 0 fully saturated rings. The Morgan fingerprint density at radius 2 is 2.12 bits per heavy atom. The van der Waals surface area contributed by atoms with E-state index in [1.807, 2.05) is 0 Å². The fourth-order valence-electron chi connectivity index (χ4n) is 1.82. The number of rotatable bonds is 6. The van der Waals surface area contributed by atoms with Gasteiger partial charge in [-0.3, -0.25) is 10.1 Å². The Balaban J connectivity index is 1.86. The number of anilines is 1. The van der Waals surface area contributed by atoms with Crippen LogP contribution in [-0.4, -0.2) is 32.5 Å². The molecule has 1 heterocycles. The highest BCUT2D eigenvalue weighted by Gasteiger charge is 2.13. The van der Waals surface area contributed by atoms with Crippen LogP contribution in [0.15, 0.2) is 42.1 Å². The maximum atomic E-state index is 13.4. The first-order chi connectivity index (χ1) is 11.5. The number of aryl methyl sites for hydroxylation is 1. The minimum Gasteiger partial charge on any atom is -0.305 e. The number of allylic oxidation sites excluding steroid dienone is 1. The minimum atomic E-state index is -0.797. The maximum absolute atomic E-state index is 13.4. The lowest BCUT2D eigenvalue weighted by molar-refractivity contribution is -0.117. The Hall–Kier alpha value is -2.68. The van der Waals surface area contributed by atoms with Crippen LogP contribution in [0.3, 0.4) is 0 Å². The molecule has 0 unspecified atom stereocenters. The Labute approximate surface area is 142 Å². The Morgan fingerprint density at radius 1 is 1.38 bits per heavy atom. The van der Waals surface area contributed by atoms with E-state index in [2.05, 4.69) is 27.4 Å². The molecule has 1 aromatic heterocycles. The van der Waals surface area contributed by atoms with E-state index in [4.69, 9.17) is 0 Å². The van der Waals surface area contributed by atoms with Crippen molar-refractivity contribution in [2.24, 2.45) is 0 Å². The van der Waals surface area contributed by atoms with Gasteiger partial charge in [0.05, 0.1) is 11.4 Å². The van der Waals surface area contributed by atoms with Gasteiger partial charge in [-0.2, -0.15) is 0 Å². The molecular weight excluding hydrogens is 333 g/mol. The fourth-order valence-corrected chi connectivity index (χ4v) is 2.61. The third kappa shape index (κ3) is 4.66. The van der Waals surface area contributed by atoms with Crippen LogP contribution in [0.2, 0.25) is 0 Å². The van der Waals surface area contributed by atoms with Crippen molar-refractivity contribution in [3.8, 4) is 0 Å². The van der Waals surface area contributed by atoms with Gasteiger partial charge in [-0.25, -0.2) is 9.18 Å². The maximum Gasteiger partial charge on any atom is 0.325 e. The fraction of sp³-hybridized carbons (Fsp3) is 0.200. The second kappa shape index (κ2) is 8.25. The summed E-state index contributed by atoms with van der Waals surface area (Å²) in [6, 6.07) is 4.89. The van der Waals surface area contributed by atoms with Crippen molar-refractivity contribution in [1.82, 2.24) is 20.1 Å². The summed E-state index contributed by atoms with van der Waals surface area (Å²) < 4.78 is 15.2. The van der Waals surface area contributed by atoms with E-state index in [1.165, 1.54) is 18.2 Å². The number of hydrogen-bond acceptors (Lipinski definition) is 5. The molecule has 24 heavy (non-hydrogen) atoms. The molecule has 0 saturated heterocycles. The summed E-state index contributed by atoms with van der Waals surface area (Å²) in [6.07, 6.45) is 1.70. The number of urea groups is 1. The quantitative estimate of drug-likeness (QED) is 0.617. The number of thioether (sulfide) groups is 1. The molecule has 0 aliphatic rings. The van der Waals surface area contributed by atoms with Gasteiger partial charge >= 0.3 is 6.03 Å². The van der Waals surface area contributed by atoms with E-state index in [-0.39, 0.29) is 11.4 Å². The van der Waals surface area contributed by atoms with Gasteiger partial charge in [-0.1, -0.05) is 30.0 Å². The van der Waals surface area contributed by atoms with Gasteiger partial charge in [0, 0.05) is 6.54 Å². The first-order valence-electron chi connectivity index (χ1n) is 7.00. The molecule has 2 rings (SSSR count). The smallest absolute Gasteiger partial charge is 0.305 e. The van der Waals surface area contributed by atoms with E-state index in [9.17, 15) is 14.0 Å². The molecule has 0 aliphatic heterocycles. The van der Waals surface area contributed by atoms with E-state index in [0.717, 1.165) is 11.8 Å². The van der Waals surface area contributed by atoms with Crippen molar-refractivity contribution in [3.63, 3.8) is 0 Å². The molecule has 2 N–H and O–H groups in total. The summed E-state index contributed by atoms with van der Waals surface area (Å²) in [5, 5.41) is 12.9. The highest BCUT2D eigenvalue weighted by Crippen LogP contribution is 2.16. The molecule has 0 spiro atoms. The van der Waals surface area contributed by atoms with Crippen molar-refractivity contribution < 1.29 is 14.0 Å². The predicted octanol–water partition coefficient (Wildman–Crippen LogP) is 2.35. The number of halogens is 1. The highest BCUT2D eigenvalue weighted by molar-refractivity contribution is 7.99. The molecule has 1 aromatic carbocycles. The van der Waals surface area contributed by atoms with Crippen molar-refractivity contribution in [3.05, 3.63) is 48.6 Å². The van der Waals surface area contributed by atoms with Crippen molar-refractivity contribution >= 4 is 29.4 Å². The Bertz CT molecular complexity index is 762. The number of benzene rings is 1. The van der Waals surface area contributed by atoms with Gasteiger partial charge in [0.25, 0.3) is 0 Å². The topological polar surface area (TPSA) is 88.9 Å². The number of carbonyl (C=O) groups is 2. The van der Waals surface area contributed by atoms with Crippen LogP contribution in [0.4, 0.5) is 14.9 Å².